The Balaban J connectivity index is 2.33. The van der Waals surface area contributed by atoms with Crippen LogP contribution in [0.2, 0.25) is 0 Å². The van der Waals surface area contributed by atoms with Crippen LogP contribution in [0.5, 0.6) is 0 Å². The molecule has 0 aliphatic carbocycles. The van der Waals surface area contributed by atoms with Gasteiger partial charge in [-0.15, -0.1) is 0 Å². The topological polar surface area (TPSA) is 29.9 Å². The zero-order valence-electron chi connectivity index (χ0n) is 11.2. The van der Waals surface area contributed by atoms with Crippen LogP contribution in [0, 0.1) is 0 Å². The lowest BCUT2D eigenvalue weighted by Gasteiger charge is -2.11. The molecule has 1 aromatic carbocycles. The quantitative estimate of drug-likeness (QED) is 0.845. The highest BCUT2D eigenvalue weighted by atomic mass is 15.1. The van der Waals surface area contributed by atoms with Crippen molar-refractivity contribution in [3.05, 3.63) is 42.2 Å². The summed E-state index contributed by atoms with van der Waals surface area (Å²) < 4.78 is 2.23. The summed E-state index contributed by atoms with van der Waals surface area (Å²) in [5.74, 6) is 1.07. The Morgan fingerprint density at radius 3 is 2.83 bits per heavy atom. The fourth-order valence-electron chi connectivity index (χ4n) is 2.13. The monoisotopic (exact) mass is 243 g/mol. The van der Waals surface area contributed by atoms with Gasteiger partial charge in [0.2, 0.25) is 0 Å². The van der Waals surface area contributed by atoms with E-state index in [1.165, 1.54) is 11.1 Å². The molecule has 0 aliphatic rings. The van der Waals surface area contributed by atoms with Crippen LogP contribution in [-0.2, 0) is 13.1 Å². The summed E-state index contributed by atoms with van der Waals surface area (Å²) in [6.07, 6.45) is 5.07. The average molecular weight is 243 g/mol. The van der Waals surface area contributed by atoms with E-state index in [0.29, 0.717) is 0 Å². The minimum atomic E-state index is 0.895. The van der Waals surface area contributed by atoms with Crippen molar-refractivity contribution in [2.75, 3.05) is 6.54 Å². The molecule has 1 aromatic heterocycles. The van der Waals surface area contributed by atoms with Gasteiger partial charge in [-0.2, -0.15) is 0 Å². The van der Waals surface area contributed by atoms with E-state index in [-0.39, 0.29) is 0 Å². The van der Waals surface area contributed by atoms with Crippen molar-refractivity contribution in [3.8, 4) is 11.4 Å². The van der Waals surface area contributed by atoms with Crippen LogP contribution in [0.4, 0.5) is 0 Å². The lowest BCUT2D eigenvalue weighted by molar-refractivity contribution is 0.682. The van der Waals surface area contributed by atoms with Gasteiger partial charge in [0.05, 0.1) is 0 Å². The molecule has 1 N–H and O–H groups in total. The van der Waals surface area contributed by atoms with E-state index in [9.17, 15) is 0 Å². The Morgan fingerprint density at radius 2 is 2.06 bits per heavy atom. The molecule has 3 nitrogen and oxygen atoms in total. The highest BCUT2D eigenvalue weighted by Crippen LogP contribution is 2.22. The minimum absolute atomic E-state index is 0.895. The van der Waals surface area contributed by atoms with Crippen LogP contribution in [-0.4, -0.2) is 16.1 Å². The van der Waals surface area contributed by atoms with Gasteiger partial charge in [-0.05, 0) is 18.5 Å². The van der Waals surface area contributed by atoms with E-state index < -0.39 is 0 Å². The van der Waals surface area contributed by atoms with Crippen molar-refractivity contribution < 1.29 is 0 Å². The first-order chi connectivity index (χ1) is 8.86. The fourth-order valence-corrected chi connectivity index (χ4v) is 2.13. The molecule has 2 aromatic rings. The van der Waals surface area contributed by atoms with Gasteiger partial charge >= 0.3 is 0 Å². The third-order valence-electron chi connectivity index (χ3n) is 3.00. The molecule has 3 heteroatoms. The van der Waals surface area contributed by atoms with Gasteiger partial charge in [-0.1, -0.05) is 38.1 Å². The highest BCUT2D eigenvalue weighted by molar-refractivity contribution is 5.60. The highest BCUT2D eigenvalue weighted by Gasteiger charge is 2.09. The molecule has 0 fully saturated rings. The predicted octanol–water partition coefficient (Wildman–Crippen LogP) is 3.07. The Bertz CT molecular complexity index is 488. The van der Waals surface area contributed by atoms with Crippen molar-refractivity contribution in [2.24, 2.45) is 0 Å². The second-order valence-corrected chi connectivity index (χ2v) is 4.38. The largest absolute Gasteiger partial charge is 0.331 e. The third-order valence-corrected chi connectivity index (χ3v) is 3.00. The first-order valence-corrected chi connectivity index (χ1v) is 6.67. The van der Waals surface area contributed by atoms with Crippen molar-refractivity contribution in [1.82, 2.24) is 14.9 Å². The van der Waals surface area contributed by atoms with Gasteiger partial charge in [0, 0.05) is 31.0 Å². The smallest absolute Gasteiger partial charge is 0.140 e. The van der Waals surface area contributed by atoms with E-state index in [2.05, 4.69) is 59.2 Å². The Hall–Kier alpha value is -1.61. The number of nitrogens with zero attached hydrogens (tertiary/aromatic N) is 2. The van der Waals surface area contributed by atoms with E-state index in [4.69, 9.17) is 0 Å². The normalized spacial score (nSPS) is 10.8. The summed E-state index contributed by atoms with van der Waals surface area (Å²) >= 11 is 0. The summed E-state index contributed by atoms with van der Waals surface area (Å²) in [6.45, 7) is 7.21. The van der Waals surface area contributed by atoms with Crippen LogP contribution in [0.25, 0.3) is 11.4 Å². The molecule has 0 bridgehead atoms. The molecule has 0 saturated carbocycles. The van der Waals surface area contributed by atoms with Gasteiger partial charge in [0.1, 0.15) is 5.82 Å². The summed E-state index contributed by atoms with van der Waals surface area (Å²) in [7, 11) is 0. The van der Waals surface area contributed by atoms with Gasteiger partial charge in [0.15, 0.2) is 0 Å². The molecule has 0 spiro atoms. The van der Waals surface area contributed by atoms with Gasteiger partial charge in [-0.25, -0.2) is 4.98 Å². The second kappa shape index (κ2) is 6.36. The van der Waals surface area contributed by atoms with E-state index in [1.54, 1.807) is 0 Å². The predicted molar refractivity (Wildman–Crippen MR) is 75.3 cm³/mol. The van der Waals surface area contributed by atoms with E-state index in [1.807, 2.05) is 6.20 Å². The Labute approximate surface area is 109 Å². The van der Waals surface area contributed by atoms with Gasteiger partial charge in [-0.3, -0.25) is 0 Å². The van der Waals surface area contributed by atoms with Gasteiger partial charge < -0.3 is 9.88 Å². The molecular formula is C15H21N3. The molecular weight excluding hydrogens is 222 g/mol. The number of aromatic nitrogens is 2. The van der Waals surface area contributed by atoms with E-state index >= 15 is 0 Å². The molecule has 2 rings (SSSR count). The molecule has 18 heavy (non-hydrogen) atoms. The maximum atomic E-state index is 4.51. The maximum absolute atomic E-state index is 4.51. The second-order valence-electron chi connectivity index (χ2n) is 4.38. The third kappa shape index (κ3) is 2.79. The Kier molecular flexibility index (Phi) is 4.53. The van der Waals surface area contributed by atoms with Crippen molar-refractivity contribution in [2.45, 2.75) is 33.4 Å². The number of nitrogens with one attached hydrogen (secondary N) is 1. The summed E-state index contributed by atoms with van der Waals surface area (Å²) in [4.78, 5) is 4.51. The van der Waals surface area contributed by atoms with Crippen molar-refractivity contribution in [1.29, 1.82) is 0 Å². The fraction of sp³-hybridized carbons (Fsp3) is 0.400. The van der Waals surface area contributed by atoms with Crippen LogP contribution < -0.4 is 5.32 Å². The number of hydrogen-bond donors (Lipinski definition) is 1. The number of imidazole rings is 1. The molecule has 0 saturated heterocycles. The lowest BCUT2D eigenvalue weighted by atomic mass is 10.1. The Morgan fingerprint density at radius 1 is 1.22 bits per heavy atom. The number of hydrogen-bond acceptors (Lipinski definition) is 2. The zero-order chi connectivity index (χ0) is 12.8. The van der Waals surface area contributed by atoms with Crippen LogP contribution >= 0.6 is 0 Å². The summed E-state index contributed by atoms with van der Waals surface area (Å²) in [5, 5.41) is 3.38. The van der Waals surface area contributed by atoms with Gasteiger partial charge in [0.25, 0.3) is 0 Å². The number of rotatable bonds is 6. The molecule has 96 valence electrons. The summed E-state index contributed by atoms with van der Waals surface area (Å²) in [6, 6.07) is 8.49. The zero-order valence-corrected chi connectivity index (χ0v) is 11.2. The maximum Gasteiger partial charge on any atom is 0.140 e. The molecule has 0 radical (unpaired) electrons. The molecule has 0 amide bonds. The van der Waals surface area contributed by atoms with Crippen LogP contribution in [0.15, 0.2) is 36.7 Å². The SMILES string of the molecule is CCCn1ccnc1-c1ccccc1CNCC. The molecule has 0 atom stereocenters. The van der Waals surface area contributed by atoms with Crippen LogP contribution in [0.3, 0.4) is 0 Å². The summed E-state index contributed by atoms with van der Waals surface area (Å²) in [5.41, 5.74) is 2.54. The van der Waals surface area contributed by atoms with Crippen molar-refractivity contribution >= 4 is 0 Å². The average Bonchev–Trinajstić information content (AvgIpc) is 2.85. The first-order valence-electron chi connectivity index (χ1n) is 6.67. The lowest BCUT2D eigenvalue weighted by Crippen LogP contribution is -2.13. The van der Waals surface area contributed by atoms with E-state index in [0.717, 1.165) is 31.9 Å². The molecule has 0 unspecified atom stereocenters. The number of benzene rings is 1. The molecule has 1 heterocycles. The molecule has 0 aliphatic heterocycles. The number of aryl methyl sites for hydroxylation is 1. The minimum Gasteiger partial charge on any atom is -0.331 e. The van der Waals surface area contributed by atoms with Crippen molar-refractivity contribution in [3.63, 3.8) is 0 Å². The standard InChI is InChI=1S/C15H21N3/c1-3-10-18-11-9-17-15(18)14-8-6-5-7-13(14)12-16-4-2/h5-9,11,16H,3-4,10,12H2,1-2H3. The van der Waals surface area contributed by atoms with Crippen LogP contribution in [0.1, 0.15) is 25.8 Å². The first kappa shape index (κ1) is 12.8.